The summed E-state index contributed by atoms with van der Waals surface area (Å²) in [5.41, 5.74) is -0.859. The topological polar surface area (TPSA) is 40.5 Å². The Morgan fingerprint density at radius 1 is 1.90 bits per heavy atom. The van der Waals surface area contributed by atoms with Crippen LogP contribution in [0.5, 0.6) is 0 Å². The van der Waals surface area contributed by atoms with Crippen LogP contribution in [0.4, 0.5) is 0 Å². The molecule has 1 N–H and O–H groups in total. The summed E-state index contributed by atoms with van der Waals surface area (Å²) in [6, 6.07) is 0. The number of piperidine rings is 1. The van der Waals surface area contributed by atoms with E-state index in [0.29, 0.717) is 0 Å². The molecule has 10 heavy (non-hydrogen) atoms. The highest BCUT2D eigenvalue weighted by molar-refractivity contribution is 6.17. The normalized spacial score (nSPS) is 51.4. The smallest absolute Gasteiger partial charge is 0.227 e. The van der Waals surface area contributed by atoms with Crippen molar-refractivity contribution >= 4 is 13.8 Å². The zero-order chi connectivity index (χ0) is 7.52. The first-order valence-electron chi connectivity index (χ1n) is 3.55. The van der Waals surface area contributed by atoms with Crippen LogP contribution in [-0.2, 0) is 4.79 Å². The Hall–Kier alpha value is -0.505. The number of rotatable bonds is 0. The van der Waals surface area contributed by atoms with Crippen molar-refractivity contribution in [1.82, 2.24) is 4.90 Å². The Balaban J connectivity index is 2.32. The first kappa shape index (κ1) is 6.22. The van der Waals surface area contributed by atoms with Gasteiger partial charge in [-0.15, -0.1) is 0 Å². The maximum absolute atomic E-state index is 11.1. The molecular formula is C6H10BNO2. The zero-order valence-corrected chi connectivity index (χ0v) is 6.16. The second-order valence-electron chi connectivity index (χ2n) is 3.44. The molecule has 0 aromatic rings. The molecule has 1 aliphatic heterocycles. The molecule has 0 aromatic heterocycles. The first-order chi connectivity index (χ1) is 4.55. The SMILES string of the molecule is BC1(O)C2CC2C(=O)N1C. The molecule has 0 bridgehead atoms. The third-order valence-electron chi connectivity index (χ3n) is 2.82. The third kappa shape index (κ3) is 0.486. The van der Waals surface area contributed by atoms with Crippen molar-refractivity contribution in [2.24, 2.45) is 11.8 Å². The highest BCUT2D eigenvalue weighted by Crippen LogP contribution is 2.53. The minimum absolute atomic E-state index is 0.106. The summed E-state index contributed by atoms with van der Waals surface area (Å²) in [5, 5.41) is 9.65. The van der Waals surface area contributed by atoms with E-state index in [0.717, 1.165) is 6.42 Å². The number of hydrogen-bond acceptors (Lipinski definition) is 2. The van der Waals surface area contributed by atoms with Crippen molar-refractivity contribution in [2.45, 2.75) is 12.0 Å². The van der Waals surface area contributed by atoms with Crippen LogP contribution < -0.4 is 0 Å². The number of carbonyl (C=O) groups excluding carboxylic acids is 1. The minimum atomic E-state index is -0.859. The predicted molar refractivity (Wildman–Crippen MR) is 37.9 cm³/mol. The van der Waals surface area contributed by atoms with Gasteiger partial charge in [0, 0.05) is 18.9 Å². The van der Waals surface area contributed by atoms with E-state index in [1.165, 1.54) is 4.90 Å². The lowest BCUT2D eigenvalue weighted by atomic mass is 9.86. The number of hydrogen-bond donors (Lipinski definition) is 1. The van der Waals surface area contributed by atoms with E-state index < -0.39 is 5.62 Å². The second-order valence-corrected chi connectivity index (χ2v) is 3.44. The lowest BCUT2D eigenvalue weighted by Crippen LogP contribution is -2.47. The Morgan fingerprint density at radius 3 is 2.70 bits per heavy atom. The fourth-order valence-corrected chi connectivity index (χ4v) is 1.79. The van der Waals surface area contributed by atoms with E-state index in [-0.39, 0.29) is 17.7 Å². The number of amides is 1. The maximum atomic E-state index is 11.1. The van der Waals surface area contributed by atoms with Gasteiger partial charge in [0.05, 0.1) is 0 Å². The summed E-state index contributed by atoms with van der Waals surface area (Å²) in [5.74, 6) is 0.458. The Morgan fingerprint density at radius 2 is 2.50 bits per heavy atom. The van der Waals surface area contributed by atoms with Crippen molar-refractivity contribution < 1.29 is 9.90 Å². The molecule has 1 saturated carbocycles. The van der Waals surface area contributed by atoms with Crippen LogP contribution in [0.25, 0.3) is 0 Å². The summed E-state index contributed by atoms with van der Waals surface area (Å²) in [7, 11) is 3.37. The molecule has 1 saturated heterocycles. The van der Waals surface area contributed by atoms with Crippen LogP contribution in [0.1, 0.15) is 6.42 Å². The number of fused-ring (bicyclic) bond motifs is 1. The van der Waals surface area contributed by atoms with Gasteiger partial charge < -0.3 is 10.0 Å². The van der Waals surface area contributed by atoms with Crippen molar-refractivity contribution in [3.05, 3.63) is 0 Å². The van der Waals surface area contributed by atoms with Gasteiger partial charge in [0.2, 0.25) is 5.91 Å². The summed E-state index contributed by atoms with van der Waals surface area (Å²) in [4.78, 5) is 12.6. The zero-order valence-electron chi connectivity index (χ0n) is 6.16. The van der Waals surface area contributed by atoms with Crippen LogP contribution in [-0.4, -0.2) is 36.4 Å². The van der Waals surface area contributed by atoms with Crippen molar-refractivity contribution in [3.8, 4) is 0 Å². The number of carbonyl (C=O) groups is 1. The van der Waals surface area contributed by atoms with Crippen LogP contribution >= 0.6 is 0 Å². The van der Waals surface area contributed by atoms with Crippen molar-refractivity contribution in [1.29, 1.82) is 0 Å². The molecule has 0 aromatic carbocycles. The standard InChI is InChI=1S/C6H10BNO2/c1-8-5(9)3-2-4(3)6(8,7)10/h3-4,10H,2,7H2,1H3. The maximum Gasteiger partial charge on any atom is 0.227 e. The molecule has 1 aliphatic carbocycles. The fraction of sp³-hybridized carbons (Fsp3) is 0.833. The summed E-state index contributed by atoms with van der Waals surface area (Å²) < 4.78 is 0. The molecule has 1 heterocycles. The quantitative estimate of drug-likeness (QED) is 0.409. The van der Waals surface area contributed by atoms with Gasteiger partial charge in [-0.3, -0.25) is 4.79 Å². The van der Waals surface area contributed by atoms with Crippen LogP contribution in [0.3, 0.4) is 0 Å². The van der Waals surface area contributed by atoms with Gasteiger partial charge in [-0.05, 0) is 6.42 Å². The molecule has 2 aliphatic rings. The van der Waals surface area contributed by atoms with Gasteiger partial charge in [0.1, 0.15) is 5.62 Å². The van der Waals surface area contributed by atoms with Crippen molar-refractivity contribution in [3.63, 3.8) is 0 Å². The van der Waals surface area contributed by atoms with Crippen LogP contribution in [0.2, 0.25) is 0 Å². The van der Waals surface area contributed by atoms with Crippen molar-refractivity contribution in [2.75, 3.05) is 7.05 Å². The second kappa shape index (κ2) is 1.40. The summed E-state index contributed by atoms with van der Waals surface area (Å²) in [6.07, 6.45) is 0.885. The summed E-state index contributed by atoms with van der Waals surface area (Å²) in [6.45, 7) is 0. The molecule has 2 fully saturated rings. The van der Waals surface area contributed by atoms with Gasteiger partial charge in [-0.25, -0.2) is 0 Å². The van der Waals surface area contributed by atoms with E-state index in [1.54, 1.807) is 14.9 Å². The van der Waals surface area contributed by atoms with Gasteiger partial charge in [0.15, 0.2) is 7.85 Å². The van der Waals surface area contributed by atoms with Crippen LogP contribution in [0, 0.1) is 11.8 Å². The lowest BCUT2D eigenvalue weighted by Gasteiger charge is -2.29. The summed E-state index contributed by atoms with van der Waals surface area (Å²) >= 11 is 0. The number of nitrogens with zero attached hydrogens (tertiary/aromatic N) is 1. The van der Waals surface area contributed by atoms with E-state index >= 15 is 0 Å². The lowest BCUT2D eigenvalue weighted by molar-refractivity contribution is -0.137. The number of aliphatic hydroxyl groups is 1. The molecule has 54 valence electrons. The highest BCUT2D eigenvalue weighted by atomic mass is 16.3. The molecule has 2 rings (SSSR count). The molecule has 0 spiro atoms. The average molecular weight is 139 g/mol. The largest absolute Gasteiger partial charge is 0.379 e. The number of likely N-dealkylation sites (tertiary alicyclic amines) is 1. The third-order valence-corrected chi connectivity index (χ3v) is 2.82. The minimum Gasteiger partial charge on any atom is -0.379 e. The highest BCUT2D eigenvalue weighted by Gasteiger charge is 2.63. The van der Waals surface area contributed by atoms with Gasteiger partial charge in [0.25, 0.3) is 0 Å². The fourth-order valence-electron chi connectivity index (χ4n) is 1.79. The first-order valence-corrected chi connectivity index (χ1v) is 3.55. The molecule has 4 heteroatoms. The Labute approximate surface area is 60.4 Å². The molecule has 3 unspecified atom stereocenters. The molecule has 1 amide bonds. The average Bonchev–Trinajstić information content (AvgIpc) is 2.58. The van der Waals surface area contributed by atoms with E-state index in [2.05, 4.69) is 0 Å². The Kier molecular flexibility index (Phi) is 0.868. The van der Waals surface area contributed by atoms with E-state index in [4.69, 9.17) is 0 Å². The monoisotopic (exact) mass is 139 g/mol. The van der Waals surface area contributed by atoms with Gasteiger partial charge in [-0.1, -0.05) is 0 Å². The molecule has 3 atom stereocenters. The van der Waals surface area contributed by atoms with E-state index in [1.807, 2.05) is 0 Å². The van der Waals surface area contributed by atoms with E-state index in [9.17, 15) is 9.90 Å². The van der Waals surface area contributed by atoms with Crippen LogP contribution in [0.15, 0.2) is 0 Å². The van der Waals surface area contributed by atoms with Gasteiger partial charge in [-0.2, -0.15) is 0 Å². The molecule has 3 nitrogen and oxygen atoms in total. The van der Waals surface area contributed by atoms with Gasteiger partial charge >= 0.3 is 0 Å². The predicted octanol–water partition coefficient (Wildman–Crippen LogP) is -1.63. The molecular weight excluding hydrogens is 129 g/mol. The Bertz CT molecular complexity index is 204. The molecule has 0 radical (unpaired) electrons.